The Labute approximate surface area is 189 Å². The average molecular weight is 481 g/mol. The normalized spacial score (nSPS) is 17.7. The number of fused-ring (bicyclic) bond motifs is 1. The van der Waals surface area contributed by atoms with Gasteiger partial charge in [-0.3, -0.25) is 9.59 Å². The number of hydrogen-bond acceptors (Lipinski definition) is 6. The first-order chi connectivity index (χ1) is 14.8. The van der Waals surface area contributed by atoms with Gasteiger partial charge in [0.15, 0.2) is 12.4 Å². The van der Waals surface area contributed by atoms with E-state index in [1.165, 1.54) is 18.2 Å². The Hall–Kier alpha value is -2.42. The van der Waals surface area contributed by atoms with Crippen molar-refractivity contribution in [1.29, 1.82) is 0 Å². The van der Waals surface area contributed by atoms with E-state index in [1.54, 1.807) is 24.3 Å². The largest absolute Gasteiger partial charge is 0.457 e. The molecule has 1 saturated heterocycles. The molecular weight excluding hydrogens is 463 g/mol. The number of halogens is 2. The summed E-state index contributed by atoms with van der Waals surface area (Å²) in [7, 11) is -3.69. The van der Waals surface area contributed by atoms with Gasteiger partial charge in [-0.2, -0.15) is 8.42 Å². The van der Waals surface area contributed by atoms with Crippen LogP contribution in [0.15, 0.2) is 51.8 Å². The highest BCUT2D eigenvalue weighted by Crippen LogP contribution is 2.30. The molecule has 2 aromatic rings. The van der Waals surface area contributed by atoms with Crippen LogP contribution >= 0.6 is 23.2 Å². The van der Waals surface area contributed by atoms with Crippen LogP contribution in [0.25, 0.3) is 0 Å². The van der Waals surface area contributed by atoms with Crippen LogP contribution in [0.3, 0.4) is 0 Å². The van der Waals surface area contributed by atoms with E-state index in [0.717, 1.165) is 0 Å². The number of rotatable bonds is 4. The summed E-state index contributed by atoms with van der Waals surface area (Å²) >= 11 is 11.8. The first-order valence-electron chi connectivity index (χ1n) is 9.60. The SMILES string of the molecule is O=C(COC(=O)C1CCN(C2=NS(=O)(=O)c3ccccc32)CC1)c1ccc(Cl)cc1Cl. The third-order valence-corrected chi connectivity index (χ3v) is 7.19. The minimum atomic E-state index is -3.69. The van der Waals surface area contributed by atoms with Gasteiger partial charge in [0.05, 0.1) is 10.9 Å². The van der Waals surface area contributed by atoms with Crippen LogP contribution < -0.4 is 0 Å². The molecule has 0 saturated carbocycles. The first-order valence-corrected chi connectivity index (χ1v) is 11.8. The molecule has 0 radical (unpaired) electrons. The number of ketones is 1. The Morgan fingerprint density at radius 2 is 1.81 bits per heavy atom. The van der Waals surface area contributed by atoms with Gasteiger partial charge in [-0.1, -0.05) is 35.3 Å². The molecule has 2 aliphatic heterocycles. The van der Waals surface area contributed by atoms with Gasteiger partial charge in [-0.15, -0.1) is 4.40 Å². The van der Waals surface area contributed by atoms with E-state index in [1.807, 2.05) is 4.90 Å². The molecule has 0 bridgehead atoms. The number of nitrogens with zero attached hydrogens (tertiary/aromatic N) is 2. The number of carbonyl (C=O) groups excluding carboxylic acids is 2. The second-order valence-electron chi connectivity index (χ2n) is 7.30. The van der Waals surface area contributed by atoms with Crippen molar-refractivity contribution < 1.29 is 22.7 Å². The highest BCUT2D eigenvalue weighted by molar-refractivity contribution is 7.90. The van der Waals surface area contributed by atoms with Gasteiger partial charge in [0.1, 0.15) is 4.90 Å². The van der Waals surface area contributed by atoms with Crippen molar-refractivity contribution in [1.82, 2.24) is 4.90 Å². The molecule has 2 aromatic carbocycles. The molecular formula is C21H18Cl2N2O5S. The van der Waals surface area contributed by atoms with Crippen LogP contribution in [0.1, 0.15) is 28.8 Å². The zero-order chi connectivity index (χ0) is 22.2. The standard InChI is InChI=1S/C21H18Cl2N2O5S/c22-14-5-6-15(17(23)11-14)18(26)12-30-21(27)13-7-9-25(10-8-13)20-16-3-1-2-4-19(16)31(28,29)24-20/h1-6,11,13H,7-10,12H2. The quantitative estimate of drug-likeness (QED) is 0.490. The maximum atomic E-state index is 12.4. The fourth-order valence-corrected chi connectivity index (χ4v) is 5.43. The Morgan fingerprint density at radius 3 is 2.52 bits per heavy atom. The van der Waals surface area contributed by atoms with Gasteiger partial charge in [0.2, 0.25) is 5.78 Å². The second kappa shape index (κ2) is 8.61. The molecule has 0 unspecified atom stereocenters. The highest BCUT2D eigenvalue weighted by Gasteiger charge is 2.35. The zero-order valence-corrected chi connectivity index (χ0v) is 18.6. The first kappa shape index (κ1) is 21.8. The van der Waals surface area contributed by atoms with Crippen molar-refractivity contribution in [2.24, 2.45) is 10.3 Å². The molecule has 0 amide bonds. The summed E-state index contributed by atoms with van der Waals surface area (Å²) in [6.07, 6.45) is 0.936. The monoisotopic (exact) mass is 480 g/mol. The lowest BCUT2D eigenvalue weighted by atomic mass is 9.96. The van der Waals surface area contributed by atoms with Crippen molar-refractivity contribution in [3.05, 3.63) is 63.6 Å². The number of amidine groups is 1. The molecule has 0 N–H and O–H groups in total. The number of hydrogen-bond donors (Lipinski definition) is 0. The third-order valence-electron chi connectivity index (χ3n) is 5.32. The van der Waals surface area contributed by atoms with Crippen molar-refractivity contribution in [3.8, 4) is 0 Å². The fraction of sp³-hybridized carbons (Fsp3) is 0.286. The fourth-order valence-electron chi connectivity index (χ4n) is 3.69. The van der Waals surface area contributed by atoms with Crippen LogP contribution in [-0.2, 0) is 19.6 Å². The Bertz CT molecular complexity index is 1190. The van der Waals surface area contributed by atoms with Gasteiger partial charge in [-0.25, -0.2) is 0 Å². The van der Waals surface area contributed by atoms with Crippen molar-refractivity contribution in [2.45, 2.75) is 17.7 Å². The number of piperidine rings is 1. The summed E-state index contributed by atoms with van der Waals surface area (Å²) in [4.78, 5) is 26.8. The Balaban J connectivity index is 1.34. The summed E-state index contributed by atoms with van der Waals surface area (Å²) in [6.45, 7) is 0.511. The second-order valence-corrected chi connectivity index (χ2v) is 9.72. The van der Waals surface area contributed by atoms with E-state index in [4.69, 9.17) is 27.9 Å². The number of esters is 1. The number of ether oxygens (including phenoxy) is 1. The molecule has 31 heavy (non-hydrogen) atoms. The Morgan fingerprint density at radius 1 is 1.10 bits per heavy atom. The number of sulfonamides is 1. The molecule has 2 heterocycles. The predicted octanol–water partition coefficient (Wildman–Crippen LogP) is 3.58. The molecule has 0 aromatic heterocycles. The molecule has 0 spiro atoms. The maximum absolute atomic E-state index is 12.4. The van der Waals surface area contributed by atoms with Crippen LogP contribution in [0.4, 0.5) is 0 Å². The van der Waals surface area contributed by atoms with Crippen LogP contribution in [0.2, 0.25) is 10.0 Å². The van der Waals surface area contributed by atoms with Gasteiger partial charge < -0.3 is 9.64 Å². The zero-order valence-electron chi connectivity index (χ0n) is 16.3. The molecule has 7 nitrogen and oxygen atoms in total. The number of Topliss-reactive ketones (excluding diaryl/α,β-unsaturated/α-hetero) is 1. The topological polar surface area (TPSA) is 93.1 Å². The summed E-state index contributed by atoms with van der Waals surface area (Å²) in [5.74, 6) is -0.831. The smallest absolute Gasteiger partial charge is 0.309 e. The van der Waals surface area contributed by atoms with Gasteiger partial charge in [0, 0.05) is 29.2 Å². The Kier molecular flexibility index (Phi) is 6.05. The van der Waals surface area contributed by atoms with E-state index >= 15 is 0 Å². The van der Waals surface area contributed by atoms with Gasteiger partial charge in [0.25, 0.3) is 10.0 Å². The average Bonchev–Trinajstić information content (AvgIpc) is 3.03. The van der Waals surface area contributed by atoms with Crippen molar-refractivity contribution >= 4 is 50.8 Å². The molecule has 2 aliphatic rings. The lowest BCUT2D eigenvalue weighted by Crippen LogP contribution is -2.40. The van der Waals surface area contributed by atoms with E-state index in [2.05, 4.69) is 4.40 Å². The summed E-state index contributed by atoms with van der Waals surface area (Å²) in [5.41, 5.74) is 0.821. The van der Waals surface area contributed by atoms with Crippen molar-refractivity contribution in [3.63, 3.8) is 0 Å². The minimum absolute atomic E-state index is 0.200. The number of carbonyl (C=O) groups is 2. The predicted molar refractivity (Wildman–Crippen MR) is 116 cm³/mol. The van der Waals surface area contributed by atoms with Crippen LogP contribution in [0, 0.1) is 5.92 Å². The third kappa shape index (κ3) is 4.46. The lowest BCUT2D eigenvalue weighted by molar-refractivity contribution is -0.148. The highest BCUT2D eigenvalue weighted by atomic mass is 35.5. The van der Waals surface area contributed by atoms with Crippen molar-refractivity contribution in [2.75, 3.05) is 19.7 Å². The summed E-state index contributed by atoms with van der Waals surface area (Å²) in [5, 5.41) is 0.613. The molecule has 0 aliphatic carbocycles. The van der Waals surface area contributed by atoms with Crippen LogP contribution in [-0.4, -0.2) is 50.6 Å². The molecule has 162 valence electrons. The number of benzene rings is 2. The van der Waals surface area contributed by atoms with E-state index in [0.29, 0.717) is 42.4 Å². The minimum Gasteiger partial charge on any atom is -0.457 e. The number of likely N-dealkylation sites (tertiary alicyclic amines) is 1. The van der Waals surface area contributed by atoms with E-state index in [9.17, 15) is 18.0 Å². The molecule has 1 fully saturated rings. The van der Waals surface area contributed by atoms with Crippen LogP contribution in [0.5, 0.6) is 0 Å². The van der Waals surface area contributed by atoms with Gasteiger partial charge >= 0.3 is 5.97 Å². The summed E-state index contributed by atoms with van der Waals surface area (Å²) < 4.78 is 33.6. The van der Waals surface area contributed by atoms with Gasteiger partial charge in [-0.05, 0) is 43.2 Å². The molecule has 4 rings (SSSR count). The maximum Gasteiger partial charge on any atom is 0.309 e. The lowest BCUT2D eigenvalue weighted by Gasteiger charge is -2.32. The molecule has 0 atom stereocenters. The summed E-state index contributed by atoms with van der Waals surface area (Å²) in [6, 6.07) is 11.2. The molecule has 10 heteroatoms. The van der Waals surface area contributed by atoms with E-state index < -0.39 is 28.4 Å². The van der Waals surface area contributed by atoms with E-state index in [-0.39, 0.29) is 21.4 Å².